The fourth-order valence-corrected chi connectivity index (χ4v) is 5.33. The molecule has 38 heavy (non-hydrogen) atoms. The molecule has 3 aromatic carbocycles. The zero-order valence-electron chi connectivity index (χ0n) is 22.3. The first-order chi connectivity index (χ1) is 17.8. The molecule has 0 fully saturated rings. The number of hydrogen-bond acceptors (Lipinski definition) is 4. The van der Waals surface area contributed by atoms with Gasteiger partial charge >= 0.3 is 0 Å². The summed E-state index contributed by atoms with van der Waals surface area (Å²) in [6.07, 6.45) is 0. The molecule has 0 heterocycles. The normalized spacial score (nSPS) is 12.5. The number of nitrogens with zero attached hydrogens (tertiary/aromatic N) is 2. The summed E-state index contributed by atoms with van der Waals surface area (Å²) in [5, 5.41) is 2.90. The molecule has 0 saturated carbocycles. The van der Waals surface area contributed by atoms with Crippen molar-refractivity contribution in [2.24, 2.45) is 0 Å². The lowest BCUT2D eigenvalue weighted by Crippen LogP contribution is -2.54. The number of carbonyl (C=O) groups excluding carboxylic acids is 2. The van der Waals surface area contributed by atoms with Gasteiger partial charge in [0, 0.05) is 12.1 Å². The van der Waals surface area contributed by atoms with Gasteiger partial charge in [-0.2, -0.15) is 0 Å². The number of carbonyl (C=O) groups is 2. The van der Waals surface area contributed by atoms with Gasteiger partial charge in [0.25, 0.3) is 10.0 Å². The molecule has 1 N–H and O–H groups in total. The Morgan fingerprint density at radius 1 is 0.947 bits per heavy atom. The summed E-state index contributed by atoms with van der Waals surface area (Å²) >= 11 is 0. The van der Waals surface area contributed by atoms with Gasteiger partial charge in [0.1, 0.15) is 18.4 Å². The molecule has 1 unspecified atom stereocenters. The number of hydrogen-bond donors (Lipinski definition) is 1. The molecule has 0 radical (unpaired) electrons. The Kier molecular flexibility index (Phi) is 8.93. The number of nitrogens with one attached hydrogen (secondary N) is 1. The highest BCUT2D eigenvalue weighted by atomic mass is 32.2. The van der Waals surface area contributed by atoms with E-state index in [1.165, 1.54) is 4.90 Å². The molecule has 3 rings (SSSR count). The molecule has 0 aliphatic heterocycles. The molecule has 9 heteroatoms. The number of para-hydroxylation sites is 1. The molecular weight excluding hydrogens is 505 g/mol. The summed E-state index contributed by atoms with van der Waals surface area (Å²) in [6, 6.07) is 19.3. The summed E-state index contributed by atoms with van der Waals surface area (Å²) in [7, 11) is -4.24. The van der Waals surface area contributed by atoms with Crippen molar-refractivity contribution < 1.29 is 22.4 Å². The molecule has 0 aromatic heterocycles. The van der Waals surface area contributed by atoms with Gasteiger partial charge in [0.15, 0.2) is 0 Å². The number of amides is 2. The van der Waals surface area contributed by atoms with Gasteiger partial charge in [-0.05, 0) is 76.6 Å². The van der Waals surface area contributed by atoms with E-state index in [1.54, 1.807) is 37.3 Å². The van der Waals surface area contributed by atoms with E-state index in [0.29, 0.717) is 0 Å². The largest absolute Gasteiger partial charge is 0.350 e. The minimum Gasteiger partial charge on any atom is -0.350 e. The van der Waals surface area contributed by atoms with Crippen LogP contribution in [0.15, 0.2) is 83.8 Å². The Labute approximate surface area is 224 Å². The van der Waals surface area contributed by atoms with Crippen LogP contribution >= 0.6 is 0 Å². The molecule has 0 saturated heterocycles. The molecule has 1 atom stereocenters. The number of benzene rings is 3. The van der Waals surface area contributed by atoms with Gasteiger partial charge in [-0.1, -0.05) is 48.0 Å². The Morgan fingerprint density at radius 2 is 1.58 bits per heavy atom. The standard InChI is InChI=1S/C29H34FN3O4S/c1-21-10-9-11-23(18-21)19-32(22(2)28(35)31-29(3,4)5)27(34)20-33(25-12-7-6-8-13-25)38(36,37)26-16-14-24(30)15-17-26/h6-18,22H,19-20H2,1-5H3,(H,31,35). The Morgan fingerprint density at radius 3 is 2.16 bits per heavy atom. The molecule has 2 amide bonds. The Bertz CT molecular complexity index is 1370. The van der Waals surface area contributed by atoms with E-state index in [2.05, 4.69) is 5.32 Å². The van der Waals surface area contributed by atoms with Crippen LogP contribution in [0, 0.1) is 12.7 Å². The first-order valence-electron chi connectivity index (χ1n) is 12.3. The highest BCUT2D eigenvalue weighted by Crippen LogP contribution is 2.24. The summed E-state index contributed by atoms with van der Waals surface area (Å²) < 4.78 is 41.8. The number of rotatable bonds is 9. The lowest BCUT2D eigenvalue weighted by molar-refractivity contribution is -0.140. The van der Waals surface area contributed by atoms with Crippen LogP contribution in [0.1, 0.15) is 38.8 Å². The number of anilines is 1. The van der Waals surface area contributed by atoms with Crippen molar-refractivity contribution in [2.45, 2.75) is 57.6 Å². The smallest absolute Gasteiger partial charge is 0.264 e. The van der Waals surface area contributed by atoms with Crippen LogP contribution in [0.25, 0.3) is 0 Å². The zero-order chi connectivity index (χ0) is 28.1. The third-order valence-electron chi connectivity index (χ3n) is 5.83. The van der Waals surface area contributed by atoms with E-state index in [4.69, 9.17) is 0 Å². The number of aryl methyl sites for hydroxylation is 1. The topological polar surface area (TPSA) is 86.8 Å². The lowest BCUT2D eigenvalue weighted by atomic mass is 10.1. The minimum absolute atomic E-state index is 0.110. The summed E-state index contributed by atoms with van der Waals surface area (Å²) in [5.74, 6) is -1.49. The highest BCUT2D eigenvalue weighted by molar-refractivity contribution is 7.92. The first kappa shape index (κ1) is 28.8. The van der Waals surface area contributed by atoms with Crippen molar-refractivity contribution in [2.75, 3.05) is 10.8 Å². The van der Waals surface area contributed by atoms with Gasteiger partial charge in [-0.3, -0.25) is 13.9 Å². The summed E-state index contributed by atoms with van der Waals surface area (Å²) in [6.45, 7) is 8.64. The SMILES string of the molecule is Cc1cccc(CN(C(=O)CN(c2ccccc2)S(=O)(=O)c2ccc(F)cc2)C(C)C(=O)NC(C)(C)C)c1. The van der Waals surface area contributed by atoms with Crippen LogP contribution in [-0.4, -0.2) is 43.3 Å². The maximum Gasteiger partial charge on any atom is 0.264 e. The van der Waals surface area contributed by atoms with Crippen LogP contribution in [0.4, 0.5) is 10.1 Å². The van der Waals surface area contributed by atoms with Gasteiger partial charge in [0.05, 0.1) is 10.6 Å². The average molecular weight is 540 g/mol. The van der Waals surface area contributed by atoms with Crippen molar-refractivity contribution in [3.05, 3.63) is 95.8 Å². The van der Waals surface area contributed by atoms with Crippen molar-refractivity contribution in [3.63, 3.8) is 0 Å². The second-order valence-corrected chi connectivity index (χ2v) is 12.1. The molecule has 0 aliphatic carbocycles. The maximum atomic E-state index is 13.8. The van der Waals surface area contributed by atoms with Crippen LogP contribution in [-0.2, 0) is 26.2 Å². The van der Waals surface area contributed by atoms with Crippen LogP contribution in [0.5, 0.6) is 0 Å². The molecule has 0 spiro atoms. The summed E-state index contributed by atoms with van der Waals surface area (Å²) in [4.78, 5) is 28.2. The quantitative estimate of drug-likeness (QED) is 0.429. The van der Waals surface area contributed by atoms with E-state index < -0.39 is 39.9 Å². The third kappa shape index (κ3) is 7.41. The predicted molar refractivity (Wildman–Crippen MR) is 146 cm³/mol. The van der Waals surface area contributed by atoms with Crippen molar-refractivity contribution in [1.29, 1.82) is 0 Å². The minimum atomic E-state index is -4.24. The van der Waals surface area contributed by atoms with E-state index in [0.717, 1.165) is 39.7 Å². The molecule has 3 aromatic rings. The van der Waals surface area contributed by atoms with Gasteiger partial charge < -0.3 is 10.2 Å². The fraction of sp³-hybridized carbons (Fsp3) is 0.310. The van der Waals surface area contributed by atoms with Crippen molar-refractivity contribution >= 4 is 27.5 Å². The fourth-order valence-electron chi connectivity index (χ4n) is 3.92. The molecule has 202 valence electrons. The van der Waals surface area contributed by atoms with E-state index in [9.17, 15) is 22.4 Å². The van der Waals surface area contributed by atoms with Crippen molar-refractivity contribution in [3.8, 4) is 0 Å². The number of halogens is 1. The van der Waals surface area contributed by atoms with E-state index >= 15 is 0 Å². The predicted octanol–water partition coefficient (Wildman–Crippen LogP) is 4.66. The van der Waals surface area contributed by atoms with Crippen LogP contribution in [0.2, 0.25) is 0 Å². The van der Waals surface area contributed by atoms with Gasteiger partial charge in [-0.25, -0.2) is 12.8 Å². The van der Waals surface area contributed by atoms with Crippen LogP contribution < -0.4 is 9.62 Å². The third-order valence-corrected chi connectivity index (χ3v) is 7.61. The molecule has 0 bridgehead atoms. The van der Waals surface area contributed by atoms with Crippen molar-refractivity contribution in [1.82, 2.24) is 10.2 Å². The number of sulfonamides is 1. The zero-order valence-corrected chi connectivity index (χ0v) is 23.1. The van der Waals surface area contributed by atoms with E-state index in [1.807, 2.05) is 52.0 Å². The second kappa shape index (κ2) is 11.8. The second-order valence-electron chi connectivity index (χ2n) is 10.2. The van der Waals surface area contributed by atoms with Gasteiger partial charge in [0.2, 0.25) is 11.8 Å². The average Bonchev–Trinajstić information content (AvgIpc) is 2.85. The molecule has 7 nitrogen and oxygen atoms in total. The van der Waals surface area contributed by atoms with Gasteiger partial charge in [-0.15, -0.1) is 0 Å². The first-order valence-corrected chi connectivity index (χ1v) is 13.7. The maximum absolute atomic E-state index is 13.8. The molecule has 0 aliphatic rings. The lowest BCUT2D eigenvalue weighted by Gasteiger charge is -2.33. The summed E-state index contributed by atoms with van der Waals surface area (Å²) in [5.41, 5.74) is 1.55. The monoisotopic (exact) mass is 539 g/mol. The molecular formula is C29H34FN3O4S. The Hall–Kier alpha value is -3.72. The Balaban J connectivity index is 2.01. The highest BCUT2D eigenvalue weighted by Gasteiger charge is 2.33. The van der Waals surface area contributed by atoms with Crippen LogP contribution in [0.3, 0.4) is 0 Å². The van der Waals surface area contributed by atoms with E-state index in [-0.39, 0.29) is 23.0 Å².